The Labute approximate surface area is 182 Å². The molecule has 7 nitrogen and oxygen atoms in total. The van der Waals surface area contributed by atoms with Crippen molar-refractivity contribution < 1.29 is 22.7 Å². The highest BCUT2D eigenvalue weighted by atomic mass is 19.4. The lowest BCUT2D eigenvalue weighted by atomic mass is 9.91. The number of H-pyrrole nitrogens is 1. The van der Waals surface area contributed by atoms with Gasteiger partial charge >= 0.3 is 6.18 Å². The second-order valence-corrected chi connectivity index (χ2v) is 8.10. The molecule has 1 saturated heterocycles. The normalized spacial score (nSPS) is 16.3. The lowest BCUT2D eigenvalue weighted by Gasteiger charge is -2.33. The summed E-state index contributed by atoms with van der Waals surface area (Å²) in [6.45, 7) is 4.49. The third-order valence-corrected chi connectivity index (χ3v) is 5.78. The Bertz CT molecular complexity index is 1120. The fourth-order valence-electron chi connectivity index (χ4n) is 4.02. The summed E-state index contributed by atoms with van der Waals surface area (Å²) in [7, 11) is 0. The van der Waals surface area contributed by atoms with E-state index in [9.17, 15) is 18.0 Å². The number of piperidine rings is 1. The maximum atomic E-state index is 13.6. The zero-order chi connectivity index (χ0) is 23.0. The highest BCUT2D eigenvalue weighted by Gasteiger charge is 2.36. The predicted octanol–water partition coefficient (Wildman–Crippen LogP) is 4.04. The average Bonchev–Trinajstić information content (AvgIpc) is 3.14. The lowest BCUT2D eigenvalue weighted by molar-refractivity contribution is -0.139. The summed E-state index contributed by atoms with van der Waals surface area (Å²) in [5.74, 6) is 0.0930. The van der Waals surface area contributed by atoms with Crippen LogP contribution >= 0.6 is 0 Å². The monoisotopic (exact) mass is 447 g/mol. The summed E-state index contributed by atoms with van der Waals surface area (Å²) < 4.78 is 46.5. The number of benzene rings is 1. The van der Waals surface area contributed by atoms with E-state index >= 15 is 0 Å². The van der Waals surface area contributed by atoms with Crippen LogP contribution in [0.5, 0.6) is 5.75 Å². The van der Waals surface area contributed by atoms with E-state index in [-0.39, 0.29) is 28.7 Å². The largest absolute Gasteiger partial charge is 0.481 e. The molecule has 0 bridgehead atoms. The number of aromatic nitrogens is 3. The van der Waals surface area contributed by atoms with Gasteiger partial charge in [-0.05, 0) is 44.9 Å². The molecule has 1 aliphatic rings. The van der Waals surface area contributed by atoms with E-state index in [0.29, 0.717) is 37.4 Å². The van der Waals surface area contributed by atoms with E-state index in [2.05, 4.69) is 15.2 Å². The lowest BCUT2D eigenvalue weighted by Crippen LogP contribution is -2.44. The van der Waals surface area contributed by atoms with E-state index < -0.39 is 17.8 Å². The Hall–Kier alpha value is -3.30. The number of nitrogens with two attached hydrogens (primary N) is 1. The van der Waals surface area contributed by atoms with Gasteiger partial charge in [0.25, 0.3) is 5.91 Å². The molecule has 1 aliphatic heterocycles. The van der Waals surface area contributed by atoms with Gasteiger partial charge < -0.3 is 15.4 Å². The molecule has 1 atom stereocenters. The van der Waals surface area contributed by atoms with Gasteiger partial charge in [-0.2, -0.15) is 18.3 Å². The molecular weight excluding hydrogens is 423 g/mol. The Balaban J connectivity index is 1.45. The van der Waals surface area contributed by atoms with Crippen molar-refractivity contribution in [2.45, 2.75) is 44.9 Å². The zero-order valence-electron chi connectivity index (χ0n) is 17.7. The van der Waals surface area contributed by atoms with E-state index in [1.54, 1.807) is 11.8 Å². The number of likely N-dealkylation sites (tertiary alicyclic amines) is 1. The smallest absolute Gasteiger partial charge is 0.417 e. The molecule has 3 N–H and O–H groups in total. The van der Waals surface area contributed by atoms with Crippen LogP contribution in [0.1, 0.15) is 42.5 Å². The summed E-state index contributed by atoms with van der Waals surface area (Å²) in [6, 6.07) is 8.49. The average molecular weight is 447 g/mol. The number of nitrogen functional groups attached to an aromatic ring is 1. The highest BCUT2D eigenvalue weighted by molar-refractivity contribution is 5.89. The number of amides is 1. The molecule has 3 aromatic rings. The van der Waals surface area contributed by atoms with Gasteiger partial charge in [-0.3, -0.25) is 9.89 Å². The second kappa shape index (κ2) is 8.33. The summed E-state index contributed by atoms with van der Waals surface area (Å²) in [4.78, 5) is 18.8. The molecule has 170 valence electrons. The molecule has 0 saturated carbocycles. The van der Waals surface area contributed by atoms with Gasteiger partial charge in [-0.1, -0.05) is 17.7 Å². The Morgan fingerprint density at radius 1 is 1.25 bits per heavy atom. The molecule has 0 aliphatic carbocycles. The van der Waals surface area contributed by atoms with Crippen molar-refractivity contribution in [2.24, 2.45) is 0 Å². The first-order chi connectivity index (χ1) is 15.1. The SMILES string of the molecule is Cc1ccc(O[C@@H](C)C(=O)N2CCC(c3cc(C(F)(F)F)c4c(N)[nH]nc4n3)CC2)cc1. The Kier molecular flexibility index (Phi) is 5.70. The first-order valence-electron chi connectivity index (χ1n) is 10.4. The molecule has 0 spiro atoms. The number of nitrogens with one attached hydrogen (secondary N) is 1. The minimum Gasteiger partial charge on any atom is -0.481 e. The van der Waals surface area contributed by atoms with E-state index in [0.717, 1.165) is 11.6 Å². The number of hydrogen-bond acceptors (Lipinski definition) is 5. The number of hydrogen-bond donors (Lipinski definition) is 2. The van der Waals surface area contributed by atoms with Gasteiger partial charge in [-0.25, -0.2) is 4.98 Å². The molecule has 0 radical (unpaired) electrons. The maximum absolute atomic E-state index is 13.6. The number of rotatable bonds is 4. The molecule has 1 amide bonds. The number of alkyl halides is 3. The highest BCUT2D eigenvalue weighted by Crippen LogP contribution is 2.39. The van der Waals surface area contributed by atoms with Crippen LogP contribution in [0.2, 0.25) is 0 Å². The maximum Gasteiger partial charge on any atom is 0.417 e. The number of nitrogens with zero attached hydrogens (tertiary/aromatic N) is 3. The van der Waals surface area contributed by atoms with Gasteiger partial charge in [0, 0.05) is 24.7 Å². The van der Waals surface area contributed by atoms with Gasteiger partial charge in [0.2, 0.25) is 0 Å². The molecule has 32 heavy (non-hydrogen) atoms. The predicted molar refractivity (Wildman–Crippen MR) is 113 cm³/mol. The number of ether oxygens (including phenoxy) is 1. The third-order valence-electron chi connectivity index (χ3n) is 5.78. The van der Waals surface area contributed by atoms with Crippen LogP contribution in [0, 0.1) is 6.92 Å². The molecule has 1 aromatic carbocycles. The van der Waals surface area contributed by atoms with Crippen LogP contribution in [-0.2, 0) is 11.0 Å². The van der Waals surface area contributed by atoms with Crippen LogP contribution in [0.4, 0.5) is 19.0 Å². The Morgan fingerprint density at radius 2 is 1.91 bits per heavy atom. The van der Waals surface area contributed by atoms with Crippen LogP contribution in [0.3, 0.4) is 0 Å². The van der Waals surface area contributed by atoms with Crippen LogP contribution in [-0.4, -0.2) is 45.2 Å². The molecule has 10 heteroatoms. The fraction of sp³-hybridized carbons (Fsp3) is 0.409. The summed E-state index contributed by atoms with van der Waals surface area (Å²) in [6.07, 6.45) is -4.24. The third kappa shape index (κ3) is 4.35. The number of halogens is 3. The van der Waals surface area contributed by atoms with Crippen molar-refractivity contribution in [1.29, 1.82) is 0 Å². The summed E-state index contributed by atoms with van der Waals surface area (Å²) in [5, 5.41) is 5.98. The molecule has 2 aromatic heterocycles. The molecular formula is C22H24F3N5O2. The molecule has 3 heterocycles. The number of aryl methyl sites for hydroxylation is 1. The molecule has 0 unspecified atom stereocenters. The topological polar surface area (TPSA) is 97.1 Å². The van der Waals surface area contributed by atoms with E-state index in [1.165, 1.54) is 0 Å². The van der Waals surface area contributed by atoms with Gasteiger partial charge in [0.1, 0.15) is 11.6 Å². The van der Waals surface area contributed by atoms with Crippen molar-refractivity contribution in [3.8, 4) is 5.75 Å². The number of carbonyl (C=O) groups is 1. The zero-order valence-corrected chi connectivity index (χ0v) is 17.7. The van der Waals surface area contributed by atoms with Gasteiger partial charge in [0.15, 0.2) is 11.8 Å². The van der Waals surface area contributed by atoms with E-state index in [1.807, 2.05) is 31.2 Å². The summed E-state index contributed by atoms with van der Waals surface area (Å²) in [5.41, 5.74) is 6.14. The standard InChI is InChI=1S/C22H24F3N5O2/c1-12-3-5-15(6-4-12)32-13(2)21(31)30-9-7-14(8-10-30)17-11-16(22(23,24)25)18-19(26)28-29-20(18)27-17/h3-6,11,13-14H,7-10H2,1-2H3,(H3,26,27,28,29)/t13-/m0/s1. The van der Waals surface area contributed by atoms with Crippen molar-refractivity contribution >= 4 is 22.8 Å². The number of carbonyl (C=O) groups excluding carboxylic acids is 1. The first kappa shape index (κ1) is 21.9. The number of anilines is 1. The quantitative estimate of drug-likeness (QED) is 0.629. The fourth-order valence-corrected chi connectivity index (χ4v) is 4.02. The number of aromatic amines is 1. The minimum absolute atomic E-state index is 0.0500. The van der Waals surface area contributed by atoms with Crippen molar-refractivity contribution in [2.75, 3.05) is 18.8 Å². The van der Waals surface area contributed by atoms with Crippen LogP contribution in [0.25, 0.3) is 11.0 Å². The summed E-state index contributed by atoms with van der Waals surface area (Å²) >= 11 is 0. The molecule has 1 fully saturated rings. The van der Waals surface area contributed by atoms with Crippen LogP contribution in [0.15, 0.2) is 30.3 Å². The minimum atomic E-state index is -4.58. The molecule has 4 rings (SSSR count). The van der Waals surface area contributed by atoms with Crippen LogP contribution < -0.4 is 10.5 Å². The number of fused-ring (bicyclic) bond motifs is 1. The van der Waals surface area contributed by atoms with Crippen molar-refractivity contribution in [1.82, 2.24) is 20.1 Å². The van der Waals surface area contributed by atoms with Crippen molar-refractivity contribution in [3.63, 3.8) is 0 Å². The Morgan fingerprint density at radius 3 is 2.53 bits per heavy atom. The van der Waals surface area contributed by atoms with Gasteiger partial charge in [-0.15, -0.1) is 0 Å². The second-order valence-electron chi connectivity index (χ2n) is 8.10. The first-order valence-corrected chi connectivity index (χ1v) is 10.4. The van der Waals surface area contributed by atoms with Gasteiger partial charge in [0.05, 0.1) is 10.9 Å². The van der Waals surface area contributed by atoms with Crippen molar-refractivity contribution in [3.05, 3.63) is 47.2 Å². The number of pyridine rings is 1. The van der Waals surface area contributed by atoms with E-state index in [4.69, 9.17) is 10.5 Å².